The Morgan fingerprint density at radius 2 is 1.25 bits per heavy atom. The molecule has 0 saturated carbocycles. The van der Waals surface area contributed by atoms with Crippen molar-refractivity contribution in [2.75, 3.05) is 11.2 Å². The van der Waals surface area contributed by atoms with Crippen molar-refractivity contribution in [3.8, 4) is 0 Å². The number of rotatable bonds is 5. The molecular weight excluding hydrogens is 381 g/mol. The molecule has 0 aliphatic heterocycles. The van der Waals surface area contributed by atoms with E-state index in [1.165, 1.54) is 0 Å². The molecule has 3 rings (SSSR count). The quantitative estimate of drug-likeness (QED) is 0.549. The summed E-state index contributed by atoms with van der Waals surface area (Å²) in [5.74, 6) is 0. The van der Waals surface area contributed by atoms with E-state index in [1.807, 2.05) is 96.5 Å². The van der Waals surface area contributed by atoms with Crippen LogP contribution in [0.5, 0.6) is 0 Å². The Kier molecular flexibility index (Phi) is 5.23. The molecule has 0 aliphatic carbocycles. The summed E-state index contributed by atoms with van der Waals surface area (Å²) in [6.07, 6.45) is 0. The lowest BCUT2D eigenvalue weighted by Crippen LogP contribution is -2.32. The highest BCUT2D eigenvalue weighted by Gasteiger charge is 2.34. The number of hydrogen-bond acceptors (Lipinski definition) is 1. The standard InChI is InChI=1S/C20H19BrNOP/c1-2-22(20-16-10-9-15-19(20)21)24(23,17-11-5-3-6-12-17)18-13-7-4-8-14-18/h3-16H,2H2,1H3. The van der Waals surface area contributed by atoms with E-state index in [0.29, 0.717) is 6.54 Å². The highest BCUT2D eigenvalue weighted by Crippen LogP contribution is 2.51. The average molecular weight is 400 g/mol. The largest absolute Gasteiger partial charge is 0.315 e. The first-order chi connectivity index (χ1) is 11.7. The fraction of sp³-hybridized carbons (Fsp3) is 0.100. The van der Waals surface area contributed by atoms with E-state index in [1.54, 1.807) is 0 Å². The van der Waals surface area contributed by atoms with Crippen LogP contribution in [0.15, 0.2) is 89.4 Å². The summed E-state index contributed by atoms with van der Waals surface area (Å²) < 4.78 is 17.4. The van der Waals surface area contributed by atoms with E-state index in [2.05, 4.69) is 15.9 Å². The molecular formula is C20H19BrNOP. The summed E-state index contributed by atoms with van der Waals surface area (Å²) in [7, 11) is -2.98. The molecule has 4 heteroatoms. The van der Waals surface area contributed by atoms with Gasteiger partial charge in [-0.3, -0.25) is 4.57 Å². The van der Waals surface area contributed by atoms with Crippen molar-refractivity contribution in [3.63, 3.8) is 0 Å². The van der Waals surface area contributed by atoms with Crippen LogP contribution in [0.1, 0.15) is 6.92 Å². The Morgan fingerprint density at radius 1 is 0.792 bits per heavy atom. The van der Waals surface area contributed by atoms with Gasteiger partial charge >= 0.3 is 0 Å². The van der Waals surface area contributed by atoms with E-state index >= 15 is 0 Å². The summed E-state index contributed by atoms with van der Waals surface area (Å²) >= 11 is 3.61. The maximum Gasteiger partial charge on any atom is 0.229 e. The number of hydrogen-bond donors (Lipinski definition) is 0. The third-order valence-electron chi connectivity index (χ3n) is 3.98. The fourth-order valence-electron chi connectivity index (χ4n) is 2.87. The SMILES string of the molecule is CCN(c1ccccc1Br)P(=O)(c1ccccc1)c1ccccc1. The number of halogens is 1. The van der Waals surface area contributed by atoms with Gasteiger partial charge in [0.15, 0.2) is 0 Å². The molecule has 0 N–H and O–H groups in total. The zero-order valence-electron chi connectivity index (χ0n) is 13.5. The molecule has 0 fully saturated rings. The molecule has 0 aromatic heterocycles. The second kappa shape index (κ2) is 7.38. The highest BCUT2D eigenvalue weighted by atomic mass is 79.9. The molecule has 0 saturated heterocycles. The van der Waals surface area contributed by atoms with Crippen molar-refractivity contribution in [2.45, 2.75) is 6.92 Å². The van der Waals surface area contributed by atoms with Gasteiger partial charge in [-0.2, -0.15) is 0 Å². The second-order valence-corrected chi connectivity index (χ2v) is 8.94. The first-order valence-electron chi connectivity index (χ1n) is 7.91. The lowest BCUT2D eigenvalue weighted by atomic mass is 10.3. The smallest absolute Gasteiger partial charge is 0.229 e. The van der Waals surface area contributed by atoms with Gasteiger partial charge in [-0.25, -0.2) is 0 Å². The zero-order chi connectivity index (χ0) is 17.0. The van der Waals surface area contributed by atoms with E-state index < -0.39 is 7.29 Å². The number of nitrogens with zero attached hydrogens (tertiary/aromatic N) is 1. The molecule has 122 valence electrons. The van der Waals surface area contributed by atoms with E-state index in [9.17, 15) is 4.57 Å². The van der Waals surface area contributed by atoms with Crippen LogP contribution in [-0.4, -0.2) is 6.54 Å². The van der Waals surface area contributed by atoms with Gasteiger partial charge in [0, 0.05) is 21.6 Å². The minimum atomic E-state index is -2.98. The maximum absolute atomic E-state index is 14.4. The van der Waals surface area contributed by atoms with Crippen LogP contribution < -0.4 is 15.3 Å². The van der Waals surface area contributed by atoms with Crippen LogP contribution in [0.3, 0.4) is 0 Å². The van der Waals surface area contributed by atoms with Gasteiger partial charge in [0.2, 0.25) is 7.29 Å². The van der Waals surface area contributed by atoms with Crippen molar-refractivity contribution in [3.05, 3.63) is 89.4 Å². The molecule has 0 amide bonds. The second-order valence-electron chi connectivity index (χ2n) is 5.41. The van der Waals surface area contributed by atoms with E-state index in [-0.39, 0.29) is 0 Å². The van der Waals surface area contributed by atoms with Gasteiger partial charge in [0.1, 0.15) is 0 Å². The van der Waals surface area contributed by atoms with Crippen LogP contribution >= 0.6 is 23.2 Å². The van der Waals surface area contributed by atoms with Gasteiger partial charge in [0.05, 0.1) is 5.69 Å². The normalized spacial score (nSPS) is 11.2. The van der Waals surface area contributed by atoms with E-state index in [0.717, 1.165) is 20.8 Å². The zero-order valence-corrected chi connectivity index (χ0v) is 16.0. The molecule has 0 heterocycles. The number of benzene rings is 3. The van der Waals surface area contributed by atoms with Crippen LogP contribution in [0, 0.1) is 0 Å². The van der Waals surface area contributed by atoms with Crippen LogP contribution in [-0.2, 0) is 4.57 Å². The molecule has 3 aromatic rings. The van der Waals surface area contributed by atoms with Crippen molar-refractivity contribution < 1.29 is 4.57 Å². The molecule has 2 nitrogen and oxygen atoms in total. The van der Waals surface area contributed by atoms with Gasteiger partial charge in [-0.15, -0.1) is 0 Å². The Morgan fingerprint density at radius 3 is 1.71 bits per heavy atom. The Hall–Kier alpha value is -1.83. The summed E-state index contributed by atoms with van der Waals surface area (Å²) in [4.78, 5) is 0. The first-order valence-corrected chi connectivity index (χ1v) is 10.4. The molecule has 3 aromatic carbocycles. The van der Waals surface area contributed by atoms with Crippen LogP contribution in [0.25, 0.3) is 0 Å². The van der Waals surface area contributed by atoms with Gasteiger partial charge < -0.3 is 4.67 Å². The van der Waals surface area contributed by atoms with Gasteiger partial charge in [0.25, 0.3) is 0 Å². The lowest BCUT2D eigenvalue weighted by Gasteiger charge is -2.34. The summed E-state index contributed by atoms with van der Waals surface area (Å²) in [5, 5.41) is 1.68. The van der Waals surface area contributed by atoms with Crippen molar-refractivity contribution in [1.29, 1.82) is 0 Å². The molecule has 24 heavy (non-hydrogen) atoms. The number of para-hydroxylation sites is 1. The van der Waals surface area contributed by atoms with Crippen LogP contribution in [0.4, 0.5) is 5.69 Å². The minimum absolute atomic E-state index is 0.643. The fourth-order valence-corrected chi connectivity index (χ4v) is 6.39. The minimum Gasteiger partial charge on any atom is -0.315 e. The number of anilines is 1. The van der Waals surface area contributed by atoms with Gasteiger partial charge in [-0.05, 0) is 59.3 Å². The molecule has 0 atom stereocenters. The monoisotopic (exact) mass is 399 g/mol. The van der Waals surface area contributed by atoms with Crippen molar-refractivity contribution in [1.82, 2.24) is 0 Å². The van der Waals surface area contributed by atoms with Crippen molar-refractivity contribution in [2.24, 2.45) is 0 Å². The summed E-state index contributed by atoms with van der Waals surface area (Å²) in [6, 6.07) is 27.4. The van der Waals surface area contributed by atoms with Crippen molar-refractivity contribution >= 4 is 39.5 Å². The molecule has 0 aliphatic rings. The lowest BCUT2D eigenvalue weighted by molar-refractivity contribution is 0.584. The Labute approximate surface area is 151 Å². The molecule has 0 unspecified atom stereocenters. The maximum atomic E-state index is 14.4. The molecule has 0 spiro atoms. The summed E-state index contributed by atoms with van der Waals surface area (Å²) in [5.41, 5.74) is 0.941. The molecule has 0 bridgehead atoms. The van der Waals surface area contributed by atoms with Crippen LogP contribution in [0.2, 0.25) is 0 Å². The Bertz CT molecular complexity index is 808. The summed E-state index contributed by atoms with van der Waals surface area (Å²) in [6.45, 7) is 2.68. The van der Waals surface area contributed by atoms with E-state index in [4.69, 9.17) is 0 Å². The predicted octanol–water partition coefficient (Wildman–Crippen LogP) is 5.20. The average Bonchev–Trinajstić information content (AvgIpc) is 2.65. The highest BCUT2D eigenvalue weighted by molar-refractivity contribution is 9.10. The van der Waals surface area contributed by atoms with Gasteiger partial charge in [-0.1, -0.05) is 48.5 Å². The topological polar surface area (TPSA) is 20.3 Å². The third-order valence-corrected chi connectivity index (χ3v) is 7.83. The molecule has 0 radical (unpaired) electrons. The predicted molar refractivity (Wildman–Crippen MR) is 107 cm³/mol. The third kappa shape index (κ3) is 3.07. The first kappa shape index (κ1) is 17.0. The Balaban J connectivity index is 2.25.